The van der Waals surface area contributed by atoms with E-state index in [2.05, 4.69) is 15.0 Å². The number of anilines is 1. The first-order valence-electron chi connectivity index (χ1n) is 5.42. The van der Waals surface area contributed by atoms with Gasteiger partial charge in [-0.3, -0.25) is 0 Å². The van der Waals surface area contributed by atoms with Crippen molar-refractivity contribution in [2.75, 3.05) is 5.73 Å². The van der Waals surface area contributed by atoms with Gasteiger partial charge in [-0.1, -0.05) is 12.1 Å². The summed E-state index contributed by atoms with van der Waals surface area (Å²) in [6.07, 6.45) is 1.76. The molecule has 2 heterocycles. The van der Waals surface area contributed by atoms with Crippen LogP contribution in [0.5, 0.6) is 0 Å². The molecule has 3 N–H and O–H groups in total. The minimum Gasteiger partial charge on any atom is -0.398 e. The first kappa shape index (κ1) is 9.84. The van der Waals surface area contributed by atoms with Gasteiger partial charge in [-0.2, -0.15) is 0 Å². The molecule has 2 aromatic heterocycles. The quantitative estimate of drug-likeness (QED) is 0.624. The standard InChI is InChI=1S/C13H12N4/c1-8-6-7-15-13-11(8)16-12(17-13)9-4-2-3-5-10(9)14/h2-7H,14H2,1H3,(H,15,16,17). The van der Waals surface area contributed by atoms with Crippen molar-refractivity contribution >= 4 is 16.9 Å². The molecule has 1 aromatic carbocycles. The molecule has 0 saturated carbocycles. The van der Waals surface area contributed by atoms with Gasteiger partial charge >= 0.3 is 0 Å². The monoisotopic (exact) mass is 224 g/mol. The second-order valence-corrected chi connectivity index (χ2v) is 4.00. The summed E-state index contributed by atoms with van der Waals surface area (Å²) in [5.74, 6) is 0.764. The molecule has 0 amide bonds. The Balaban J connectivity index is 2.26. The van der Waals surface area contributed by atoms with Crippen LogP contribution in [0.1, 0.15) is 5.56 Å². The van der Waals surface area contributed by atoms with Crippen molar-refractivity contribution in [3.05, 3.63) is 42.1 Å². The van der Waals surface area contributed by atoms with Gasteiger partial charge in [0.15, 0.2) is 5.65 Å². The van der Waals surface area contributed by atoms with Crippen LogP contribution in [0.2, 0.25) is 0 Å². The summed E-state index contributed by atoms with van der Waals surface area (Å²) in [4.78, 5) is 12.0. The maximum Gasteiger partial charge on any atom is 0.178 e. The van der Waals surface area contributed by atoms with Gasteiger partial charge in [0.25, 0.3) is 0 Å². The number of benzene rings is 1. The highest BCUT2D eigenvalue weighted by Gasteiger charge is 2.09. The van der Waals surface area contributed by atoms with Crippen LogP contribution in [0.3, 0.4) is 0 Å². The van der Waals surface area contributed by atoms with Crippen LogP contribution in [0.25, 0.3) is 22.6 Å². The van der Waals surface area contributed by atoms with E-state index in [1.165, 1.54) is 0 Å². The van der Waals surface area contributed by atoms with Crippen LogP contribution in [-0.2, 0) is 0 Å². The van der Waals surface area contributed by atoms with Crippen molar-refractivity contribution in [3.8, 4) is 11.4 Å². The minimum absolute atomic E-state index is 0.712. The number of nitrogens with one attached hydrogen (secondary N) is 1. The van der Waals surface area contributed by atoms with Crippen LogP contribution in [-0.4, -0.2) is 15.0 Å². The number of aromatic nitrogens is 3. The molecule has 4 nitrogen and oxygen atoms in total. The fourth-order valence-corrected chi connectivity index (χ4v) is 1.88. The topological polar surface area (TPSA) is 67.6 Å². The van der Waals surface area contributed by atoms with E-state index in [0.29, 0.717) is 5.69 Å². The molecule has 0 radical (unpaired) electrons. The van der Waals surface area contributed by atoms with Gasteiger partial charge in [0.1, 0.15) is 5.82 Å². The number of para-hydroxylation sites is 1. The molecule has 3 rings (SSSR count). The summed E-state index contributed by atoms with van der Waals surface area (Å²) >= 11 is 0. The smallest absolute Gasteiger partial charge is 0.178 e. The van der Waals surface area contributed by atoms with Gasteiger partial charge in [-0.15, -0.1) is 0 Å². The van der Waals surface area contributed by atoms with E-state index in [0.717, 1.165) is 28.1 Å². The van der Waals surface area contributed by atoms with Crippen LogP contribution < -0.4 is 5.73 Å². The van der Waals surface area contributed by atoms with Gasteiger partial charge in [0, 0.05) is 17.4 Å². The fourth-order valence-electron chi connectivity index (χ4n) is 1.88. The molecular weight excluding hydrogens is 212 g/mol. The zero-order valence-corrected chi connectivity index (χ0v) is 9.44. The number of hydrogen-bond acceptors (Lipinski definition) is 3. The lowest BCUT2D eigenvalue weighted by molar-refractivity contribution is 1.30. The number of nitrogens with zero attached hydrogens (tertiary/aromatic N) is 2. The Hall–Kier alpha value is -2.36. The molecule has 0 aliphatic heterocycles. The maximum absolute atomic E-state index is 5.93. The molecule has 0 aliphatic rings. The van der Waals surface area contributed by atoms with Crippen molar-refractivity contribution in [1.29, 1.82) is 0 Å². The molecule has 17 heavy (non-hydrogen) atoms. The molecule has 0 bridgehead atoms. The number of imidazole rings is 1. The SMILES string of the molecule is Cc1ccnc2nc(-c3ccccc3N)[nH]c12. The Morgan fingerprint density at radius 3 is 2.76 bits per heavy atom. The average molecular weight is 224 g/mol. The van der Waals surface area contributed by atoms with E-state index in [1.54, 1.807) is 6.20 Å². The Morgan fingerprint density at radius 2 is 2.00 bits per heavy atom. The lowest BCUT2D eigenvalue weighted by Gasteiger charge is -2.00. The zero-order chi connectivity index (χ0) is 11.8. The molecule has 0 unspecified atom stereocenters. The minimum atomic E-state index is 0.712. The van der Waals surface area contributed by atoms with Crippen molar-refractivity contribution in [2.45, 2.75) is 6.92 Å². The fraction of sp³-hybridized carbons (Fsp3) is 0.0769. The number of H-pyrrole nitrogens is 1. The Kier molecular flexibility index (Phi) is 2.08. The summed E-state index contributed by atoms with van der Waals surface area (Å²) in [6, 6.07) is 9.62. The molecule has 0 aliphatic carbocycles. The van der Waals surface area contributed by atoms with Crippen LogP contribution in [0.4, 0.5) is 5.69 Å². The lowest BCUT2D eigenvalue weighted by atomic mass is 10.2. The van der Waals surface area contributed by atoms with Crippen LogP contribution in [0, 0.1) is 6.92 Å². The first-order valence-corrected chi connectivity index (χ1v) is 5.42. The van der Waals surface area contributed by atoms with Crippen LogP contribution in [0.15, 0.2) is 36.5 Å². The van der Waals surface area contributed by atoms with E-state index >= 15 is 0 Å². The number of nitrogen functional groups attached to an aromatic ring is 1. The summed E-state index contributed by atoms with van der Waals surface area (Å²) in [7, 11) is 0. The third kappa shape index (κ3) is 1.54. The second kappa shape index (κ2) is 3.59. The van der Waals surface area contributed by atoms with Crippen molar-refractivity contribution in [2.24, 2.45) is 0 Å². The number of nitrogens with two attached hydrogens (primary N) is 1. The average Bonchev–Trinajstić information content (AvgIpc) is 2.75. The Morgan fingerprint density at radius 1 is 1.18 bits per heavy atom. The molecule has 84 valence electrons. The third-order valence-corrected chi connectivity index (χ3v) is 2.82. The Bertz CT molecular complexity index is 685. The van der Waals surface area contributed by atoms with Gasteiger partial charge in [-0.05, 0) is 30.7 Å². The van der Waals surface area contributed by atoms with Gasteiger partial charge < -0.3 is 10.7 Å². The first-order chi connectivity index (χ1) is 8.25. The summed E-state index contributed by atoms with van der Waals surface area (Å²) in [5.41, 5.74) is 10.4. The molecular formula is C13H12N4. The summed E-state index contributed by atoms with van der Waals surface area (Å²) in [5, 5.41) is 0. The normalized spacial score (nSPS) is 10.9. The number of aryl methyl sites for hydroxylation is 1. The number of fused-ring (bicyclic) bond motifs is 1. The van der Waals surface area contributed by atoms with Crippen molar-refractivity contribution < 1.29 is 0 Å². The van der Waals surface area contributed by atoms with Gasteiger partial charge in [-0.25, -0.2) is 9.97 Å². The van der Waals surface area contributed by atoms with Crippen molar-refractivity contribution in [3.63, 3.8) is 0 Å². The van der Waals surface area contributed by atoms with Crippen LogP contribution >= 0.6 is 0 Å². The number of hydrogen-bond donors (Lipinski definition) is 2. The predicted molar refractivity (Wildman–Crippen MR) is 68.5 cm³/mol. The molecule has 0 spiro atoms. The highest BCUT2D eigenvalue weighted by Crippen LogP contribution is 2.25. The van der Waals surface area contributed by atoms with E-state index in [9.17, 15) is 0 Å². The largest absolute Gasteiger partial charge is 0.398 e. The molecule has 0 saturated heterocycles. The van der Waals surface area contributed by atoms with E-state index in [-0.39, 0.29) is 0 Å². The molecule has 3 aromatic rings. The lowest BCUT2D eigenvalue weighted by Crippen LogP contribution is -1.90. The highest BCUT2D eigenvalue weighted by atomic mass is 15.0. The predicted octanol–water partition coefficient (Wildman–Crippen LogP) is 2.52. The summed E-state index contributed by atoms with van der Waals surface area (Å²) in [6.45, 7) is 2.03. The van der Waals surface area contributed by atoms with Gasteiger partial charge in [0.05, 0.1) is 5.52 Å². The van der Waals surface area contributed by atoms with E-state index in [1.807, 2.05) is 37.3 Å². The number of rotatable bonds is 1. The Labute approximate surface area is 98.5 Å². The maximum atomic E-state index is 5.93. The van der Waals surface area contributed by atoms with E-state index < -0.39 is 0 Å². The van der Waals surface area contributed by atoms with Crippen molar-refractivity contribution in [1.82, 2.24) is 15.0 Å². The van der Waals surface area contributed by atoms with Gasteiger partial charge in [0.2, 0.25) is 0 Å². The molecule has 0 fully saturated rings. The molecule has 0 atom stereocenters. The third-order valence-electron chi connectivity index (χ3n) is 2.82. The second-order valence-electron chi connectivity index (χ2n) is 4.00. The number of aromatic amines is 1. The summed E-state index contributed by atoms with van der Waals surface area (Å²) < 4.78 is 0. The zero-order valence-electron chi connectivity index (χ0n) is 9.44. The number of pyridine rings is 1. The molecule has 4 heteroatoms. The van der Waals surface area contributed by atoms with E-state index in [4.69, 9.17) is 5.73 Å². The highest BCUT2D eigenvalue weighted by molar-refractivity contribution is 5.81.